The van der Waals surface area contributed by atoms with Crippen LogP contribution in [0, 0.1) is 10.8 Å². The van der Waals surface area contributed by atoms with Crippen molar-refractivity contribution in [3.8, 4) is 0 Å². The Balaban J connectivity index is 1.12. The smallest absolute Gasteiger partial charge is 0.251 e. The first kappa shape index (κ1) is 61.0. The fourth-order valence-electron chi connectivity index (χ4n) is 12.3. The predicted molar refractivity (Wildman–Crippen MR) is 308 cm³/mol. The van der Waals surface area contributed by atoms with Crippen molar-refractivity contribution in [1.82, 2.24) is 52.3 Å². The molecule has 2 aliphatic carbocycles. The summed E-state index contributed by atoms with van der Waals surface area (Å²) in [6.45, 7) is 18.6. The molecule has 2 fully saturated rings. The van der Waals surface area contributed by atoms with E-state index in [2.05, 4.69) is 66.8 Å². The fraction of sp³-hybridized carbons (Fsp3) is 0.581. The van der Waals surface area contributed by atoms with Crippen LogP contribution in [0.25, 0.3) is 0 Å². The monoisotopic (exact) mass is 1100 g/mol. The molecule has 0 radical (unpaired) electrons. The van der Waals surface area contributed by atoms with Crippen molar-refractivity contribution in [2.24, 2.45) is 10.8 Å². The Morgan fingerprint density at radius 1 is 0.562 bits per heavy atom. The molecule has 0 spiro atoms. The highest BCUT2D eigenvalue weighted by molar-refractivity contribution is 6.01. The number of carbonyl (C=O) groups is 8. The van der Waals surface area contributed by atoms with Crippen LogP contribution in [0.5, 0.6) is 0 Å². The second-order valence-corrected chi connectivity index (χ2v) is 24.9. The number of nitrogens with zero attached hydrogens (tertiary/aromatic N) is 2. The normalized spacial score (nSPS) is 24.2. The first-order chi connectivity index (χ1) is 37.8. The zero-order valence-corrected chi connectivity index (χ0v) is 49.2. The van der Waals surface area contributed by atoms with Gasteiger partial charge in [-0.25, -0.2) is 0 Å². The number of hydrogen-bond donors (Lipinski definition) is 8. The van der Waals surface area contributed by atoms with Gasteiger partial charge in [-0.15, -0.1) is 0 Å². The summed E-state index contributed by atoms with van der Waals surface area (Å²) in [7, 11) is 3.31. The van der Waals surface area contributed by atoms with Crippen molar-refractivity contribution in [1.29, 1.82) is 0 Å². The molecule has 0 bridgehead atoms. The van der Waals surface area contributed by atoms with Gasteiger partial charge < -0.3 is 52.3 Å². The number of fused-ring (bicyclic) bond motifs is 2. The fourth-order valence-corrected chi connectivity index (χ4v) is 12.3. The van der Waals surface area contributed by atoms with Gasteiger partial charge in [0.2, 0.25) is 35.4 Å². The summed E-state index contributed by atoms with van der Waals surface area (Å²) in [5.74, 6) is -3.40. The van der Waals surface area contributed by atoms with Gasteiger partial charge in [0.25, 0.3) is 11.8 Å². The van der Waals surface area contributed by atoms with E-state index >= 15 is 0 Å². The third-order valence-electron chi connectivity index (χ3n) is 17.4. The van der Waals surface area contributed by atoms with Gasteiger partial charge in [-0.2, -0.15) is 0 Å². The number of likely N-dealkylation sites (tertiary alicyclic amines) is 2. The molecule has 2 heterocycles. The van der Waals surface area contributed by atoms with Gasteiger partial charge in [0.05, 0.1) is 23.2 Å². The van der Waals surface area contributed by atoms with Crippen LogP contribution in [-0.4, -0.2) is 133 Å². The standard InChI is InChI=1S/C62H88N10O8/c1-13-61(30-20-26-39-22-15-17-28-45(39)61)69-55(77)47-33-43(35-71(47)57(79)49(59(5,6)7)67-51(73)37(3)63-11)65-53(75)41-24-19-25-42(32-41)54(76)66-44-34-48(56(78)70-62(14-2)31-21-27-40-23-16-18-29-46(40)62)72(36-44)58(80)50(60(8,9)10)68-52(74)38(4)64-12/h15-19,22-25,28-29,32,37-38,43-44,47-50,63-64H,13-14,20-21,26-27,30-31,33-36H2,1-12H3,(H,65,75)(H,66,76)(H,67,73)(H,68,74)(H,69,77)(H,70,78)/t37-,38-,43-,44-,47-,48-,49+,50+,61?,62?/m0/s1. The Kier molecular flexibility index (Phi) is 19.1. The summed E-state index contributed by atoms with van der Waals surface area (Å²) in [6.07, 6.45) is 6.40. The average Bonchev–Trinajstić information content (AvgIpc) is 4.10. The number of nitrogens with one attached hydrogen (secondary N) is 8. The van der Waals surface area contributed by atoms with Crippen molar-refractivity contribution in [2.45, 2.75) is 193 Å². The van der Waals surface area contributed by atoms with Crippen molar-refractivity contribution < 1.29 is 38.4 Å². The van der Waals surface area contributed by atoms with Crippen molar-refractivity contribution in [2.75, 3.05) is 27.2 Å². The summed E-state index contributed by atoms with van der Waals surface area (Å²) in [5, 5.41) is 24.6. The van der Waals surface area contributed by atoms with E-state index in [1.54, 1.807) is 46.1 Å². The van der Waals surface area contributed by atoms with Crippen LogP contribution in [-0.2, 0) is 52.7 Å². The summed E-state index contributed by atoms with van der Waals surface area (Å²) in [6, 6.07) is 15.9. The summed E-state index contributed by atoms with van der Waals surface area (Å²) in [4.78, 5) is 118. The number of hydrogen-bond acceptors (Lipinski definition) is 10. The maximum absolute atomic E-state index is 14.9. The molecule has 8 amide bonds. The third kappa shape index (κ3) is 13.2. The van der Waals surface area contributed by atoms with Crippen LogP contribution in [0.15, 0.2) is 72.8 Å². The predicted octanol–water partition coefficient (Wildman–Crippen LogP) is 4.88. The van der Waals surface area contributed by atoms with E-state index in [-0.39, 0.29) is 60.7 Å². The molecule has 0 saturated carbocycles. The van der Waals surface area contributed by atoms with E-state index in [9.17, 15) is 38.4 Å². The Bertz CT molecular complexity index is 2620. The molecule has 7 rings (SSSR count). The van der Waals surface area contributed by atoms with Gasteiger partial charge in [-0.1, -0.05) is 110 Å². The molecule has 18 heteroatoms. The van der Waals surface area contributed by atoms with Crippen molar-refractivity contribution >= 4 is 47.3 Å². The van der Waals surface area contributed by atoms with Gasteiger partial charge in [-0.05, 0) is 143 Å². The molecule has 80 heavy (non-hydrogen) atoms. The molecular weight excluding hydrogens is 1010 g/mol. The lowest BCUT2D eigenvalue weighted by Gasteiger charge is -2.41. The van der Waals surface area contributed by atoms with Gasteiger partial charge in [0, 0.05) is 36.3 Å². The Labute approximate surface area is 473 Å². The lowest BCUT2D eigenvalue weighted by atomic mass is 9.74. The Morgan fingerprint density at radius 2 is 0.938 bits per heavy atom. The number of amides is 8. The Morgan fingerprint density at radius 3 is 1.29 bits per heavy atom. The van der Waals surface area contributed by atoms with Crippen molar-refractivity contribution in [3.05, 3.63) is 106 Å². The molecule has 18 nitrogen and oxygen atoms in total. The number of aryl methyl sites for hydroxylation is 2. The molecule has 2 aliphatic heterocycles. The highest BCUT2D eigenvalue weighted by atomic mass is 16.2. The zero-order valence-electron chi connectivity index (χ0n) is 49.2. The molecule has 3 aromatic carbocycles. The number of rotatable bonds is 18. The van der Waals surface area contributed by atoms with Gasteiger partial charge >= 0.3 is 0 Å². The van der Waals surface area contributed by atoms with Crippen LogP contribution in [0.3, 0.4) is 0 Å². The Hall–Kier alpha value is -6.66. The van der Waals surface area contributed by atoms with Gasteiger partial charge in [0.1, 0.15) is 24.2 Å². The molecule has 434 valence electrons. The topological polar surface area (TPSA) is 239 Å². The summed E-state index contributed by atoms with van der Waals surface area (Å²) >= 11 is 0. The SMILES string of the molecule is CCC1(NC(=O)[C@@H]2C[C@H](NC(=O)c3cccc(C(=O)N[C@H]4C[C@@H](C(=O)NC5(CC)CCCc6ccccc65)N(C(=O)[C@@H](NC(=O)[C@H](C)NC)C(C)(C)C)C4)c3)CN2C(=O)[C@@H](NC(=O)[C@H](C)NC)C(C)(C)C)CCCc2ccccc21. The minimum absolute atomic E-state index is 0.0195. The summed E-state index contributed by atoms with van der Waals surface area (Å²) in [5.41, 5.74) is 1.91. The summed E-state index contributed by atoms with van der Waals surface area (Å²) < 4.78 is 0. The van der Waals surface area contributed by atoms with E-state index < -0.39 is 93.9 Å². The van der Waals surface area contributed by atoms with Crippen LogP contribution >= 0.6 is 0 Å². The average molecular weight is 1100 g/mol. The minimum atomic E-state index is -1.01. The van der Waals surface area contributed by atoms with Gasteiger partial charge in [-0.3, -0.25) is 38.4 Å². The van der Waals surface area contributed by atoms with E-state index in [4.69, 9.17) is 0 Å². The minimum Gasteiger partial charge on any atom is -0.347 e. The highest BCUT2D eigenvalue weighted by Gasteiger charge is 2.50. The van der Waals surface area contributed by atoms with Gasteiger partial charge in [0.15, 0.2) is 0 Å². The van der Waals surface area contributed by atoms with Crippen LogP contribution in [0.1, 0.15) is 164 Å². The second-order valence-electron chi connectivity index (χ2n) is 24.9. The first-order valence-corrected chi connectivity index (χ1v) is 28.9. The quantitative estimate of drug-likeness (QED) is 0.0860. The molecule has 2 unspecified atom stereocenters. The number of carbonyl (C=O) groups excluding carboxylic acids is 8. The van der Waals surface area contributed by atoms with E-state index in [1.165, 1.54) is 27.0 Å². The molecule has 0 aromatic heterocycles. The first-order valence-electron chi connectivity index (χ1n) is 28.9. The van der Waals surface area contributed by atoms with Crippen LogP contribution < -0.4 is 42.5 Å². The molecule has 4 aliphatic rings. The molecule has 2 saturated heterocycles. The van der Waals surface area contributed by atoms with Crippen LogP contribution in [0.4, 0.5) is 0 Å². The molecule has 10 atom stereocenters. The van der Waals surface area contributed by atoms with Crippen LogP contribution in [0.2, 0.25) is 0 Å². The second kappa shape index (κ2) is 25.0. The molecule has 3 aromatic rings. The largest absolute Gasteiger partial charge is 0.347 e. The molecular formula is C62H88N10O8. The maximum atomic E-state index is 14.9. The lowest BCUT2D eigenvalue weighted by molar-refractivity contribution is -0.144. The zero-order chi connectivity index (χ0) is 58.5. The number of likely N-dealkylation sites (N-methyl/N-ethyl adjacent to an activating group) is 2. The van der Waals surface area contributed by atoms with Crippen molar-refractivity contribution in [3.63, 3.8) is 0 Å². The molecule has 8 N–H and O–H groups in total. The third-order valence-corrected chi connectivity index (χ3v) is 17.4. The number of benzene rings is 3. The lowest BCUT2D eigenvalue weighted by Crippen LogP contribution is -2.60. The van der Waals surface area contributed by atoms with E-state index in [0.29, 0.717) is 12.8 Å². The maximum Gasteiger partial charge on any atom is 0.251 e. The highest BCUT2D eigenvalue weighted by Crippen LogP contribution is 2.40. The van der Waals surface area contributed by atoms with E-state index in [0.717, 1.165) is 49.7 Å². The van der Waals surface area contributed by atoms with E-state index in [1.807, 2.05) is 79.7 Å².